The fraction of sp³-hybridized carbons (Fsp3) is 0.867. The first-order valence-corrected chi connectivity index (χ1v) is 7.71. The third kappa shape index (κ3) is 2.82. The molecule has 0 unspecified atom stereocenters. The lowest BCUT2D eigenvalue weighted by Gasteiger charge is -2.38. The molecule has 2 rings (SSSR count). The minimum absolute atomic E-state index is 0.0754. The quantitative estimate of drug-likeness (QED) is 0.833. The summed E-state index contributed by atoms with van der Waals surface area (Å²) in [4.78, 5) is 28.3. The molecule has 1 aliphatic carbocycles. The Balaban J connectivity index is 1.93. The Morgan fingerprint density at radius 3 is 2.20 bits per heavy atom. The molecule has 0 radical (unpaired) electrons. The molecule has 0 aromatic rings. The van der Waals surface area contributed by atoms with Crippen LogP contribution in [-0.2, 0) is 9.59 Å². The lowest BCUT2D eigenvalue weighted by atomic mass is 9.83. The van der Waals surface area contributed by atoms with E-state index in [4.69, 9.17) is 5.73 Å². The maximum atomic E-state index is 12.7. The molecule has 20 heavy (non-hydrogen) atoms. The van der Waals surface area contributed by atoms with Crippen LogP contribution in [0.3, 0.4) is 0 Å². The van der Waals surface area contributed by atoms with Gasteiger partial charge in [-0.1, -0.05) is 12.8 Å². The summed E-state index contributed by atoms with van der Waals surface area (Å²) < 4.78 is 0. The lowest BCUT2D eigenvalue weighted by molar-refractivity contribution is -0.145. The smallest absolute Gasteiger partial charge is 0.230 e. The molecule has 2 aliphatic rings. The molecule has 1 aliphatic heterocycles. The second-order valence-electron chi connectivity index (χ2n) is 6.49. The number of nitrogens with zero attached hydrogens (tertiary/aromatic N) is 2. The van der Waals surface area contributed by atoms with Gasteiger partial charge in [0.05, 0.1) is 5.41 Å². The molecular weight excluding hydrogens is 254 g/mol. The van der Waals surface area contributed by atoms with E-state index in [9.17, 15) is 9.59 Å². The molecular formula is C15H27N3O2. The van der Waals surface area contributed by atoms with Crippen LogP contribution < -0.4 is 5.73 Å². The van der Waals surface area contributed by atoms with Gasteiger partial charge in [0.15, 0.2) is 0 Å². The van der Waals surface area contributed by atoms with E-state index in [1.54, 1.807) is 19.0 Å². The number of rotatable bonds is 3. The van der Waals surface area contributed by atoms with Gasteiger partial charge < -0.3 is 15.5 Å². The van der Waals surface area contributed by atoms with Crippen LogP contribution >= 0.6 is 0 Å². The lowest BCUT2D eigenvalue weighted by Crippen LogP contribution is -2.50. The summed E-state index contributed by atoms with van der Waals surface area (Å²) in [5.41, 5.74) is 5.58. The largest absolute Gasteiger partial charge is 0.349 e. The predicted octanol–water partition coefficient (Wildman–Crippen LogP) is 0.832. The maximum absolute atomic E-state index is 12.7. The van der Waals surface area contributed by atoms with Gasteiger partial charge in [0, 0.05) is 39.6 Å². The second-order valence-corrected chi connectivity index (χ2v) is 6.49. The second kappa shape index (κ2) is 6.12. The number of carbonyl (C=O) groups is 2. The Labute approximate surface area is 121 Å². The molecule has 2 N–H and O–H groups in total. The van der Waals surface area contributed by atoms with Gasteiger partial charge in [-0.05, 0) is 25.7 Å². The zero-order valence-electron chi connectivity index (χ0n) is 12.7. The summed E-state index contributed by atoms with van der Waals surface area (Å²) >= 11 is 0. The molecule has 2 fully saturated rings. The Hall–Kier alpha value is -1.10. The highest BCUT2D eigenvalue weighted by atomic mass is 16.2. The van der Waals surface area contributed by atoms with Gasteiger partial charge in [-0.3, -0.25) is 9.59 Å². The Kier molecular flexibility index (Phi) is 4.68. The molecule has 0 spiro atoms. The van der Waals surface area contributed by atoms with Crippen molar-refractivity contribution in [3.05, 3.63) is 0 Å². The van der Waals surface area contributed by atoms with Crippen LogP contribution in [0.25, 0.3) is 0 Å². The zero-order valence-corrected chi connectivity index (χ0v) is 12.7. The van der Waals surface area contributed by atoms with Gasteiger partial charge in [-0.15, -0.1) is 0 Å². The SMILES string of the molecule is CN(C)C(=O)C1CCN(C(=O)C2(CN)CCCC2)CC1. The van der Waals surface area contributed by atoms with Crippen LogP contribution in [0.4, 0.5) is 0 Å². The van der Waals surface area contributed by atoms with Crippen LogP contribution in [-0.4, -0.2) is 55.3 Å². The fourth-order valence-corrected chi connectivity index (χ4v) is 3.59. The summed E-state index contributed by atoms with van der Waals surface area (Å²) in [6.45, 7) is 1.86. The van der Waals surface area contributed by atoms with E-state index in [1.807, 2.05) is 4.90 Å². The molecule has 2 amide bonds. The molecule has 1 saturated heterocycles. The van der Waals surface area contributed by atoms with Crippen molar-refractivity contribution in [2.24, 2.45) is 17.1 Å². The third-order valence-corrected chi connectivity index (χ3v) is 4.98. The summed E-state index contributed by atoms with van der Waals surface area (Å²) in [5.74, 6) is 0.492. The van der Waals surface area contributed by atoms with Gasteiger partial charge in [0.2, 0.25) is 11.8 Å². The minimum Gasteiger partial charge on any atom is -0.349 e. The summed E-state index contributed by atoms with van der Waals surface area (Å²) in [6.07, 6.45) is 5.64. The summed E-state index contributed by atoms with van der Waals surface area (Å²) in [6, 6.07) is 0. The zero-order chi connectivity index (χ0) is 14.8. The average Bonchev–Trinajstić information content (AvgIpc) is 2.96. The number of carbonyl (C=O) groups excluding carboxylic acids is 2. The fourth-order valence-electron chi connectivity index (χ4n) is 3.59. The first kappa shape index (κ1) is 15.3. The normalized spacial score (nSPS) is 22.9. The molecule has 1 heterocycles. The monoisotopic (exact) mass is 281 g/mol. The predicted molar refractivity (Wildman–Crippen MR) is 78.0 cm³/mol. The molecule has 114 valence electrons. The van der Waals surface area contributed by atoms with Crippen molar-refractivity contribution in [1.82, 2.24) is 9.80 Å². The molecule has 0 aromatic carbocycles. The number of nitrogens with two attached hydrogens (primary N) is 1. The van der Waals surface area contributed by atoms with Gasteiger partial charge in [0.25, 0.3) is 0 Å². The van der Waals surface area contributed by atoms with Crippen molar-refractivity contribution < 1.29 is 9.59 Å². The Morgan fingerprint density at radius 1 is 1.20 bits per heavy atom. The van der Waals surface area contributed by atoms with Gasteiger partial charge in [0.1, 0.15) is 0 Å². The van der Waals surface area contributed by atoms with Crippen molar-refractivity contribution >= 4 is 11.8 Å². The molecule has 0 aromatic heterocycles. The highest BCUT2D eigenvalue weighted by Gasteiger charge is 2.43. The van der Waals surface area contributed by atoms with Crippen molar-refractivity contribution in [3.63, 3.8) is 0 Å². The maximum Gasteiger partial charge on any atom is 0.230 e. The minimum atomic E-state index is -0.307. The van der Waals surface area contributed by atoms with E-state index in [0.717, 1.165) is 38.5 Å². The van der Waals surface area contributed by atoms with E-state index < -0.39 is 0 Å². The van der Waals surface area contributed by atoms with Crippen molar-refractivity contribution in [2.75, 3.05) is 33.7 Å². The first-order chi connectivity index (χ1) is 9.50. The first-order valence-electron chi connectivity index (χ1n) is 7.71. The summed E-state index contributed by atoms with van der Waals surface area (Å²) in [7, 11) is 3.59. The molecule has 0 atom stereocenters. The van der Waals surface area contributed by atoms with Gasteiger partial charge in [-0.25, -0.2) is 0 Å². The van der Waals surface area contributed by atoms with Crippen molar-refractivity contribution in [3.8, 4) is 0 Å². The average molecular weight is 281 g/mol. The number of amides is 2. The highest BCUT2D eigenvalue weighted by molar-refractivity contribution is 5.84. The number of hydrogen-bond donors (Lipinski definition) is 1. The highest BCUT2D eigenvalue weighted by Crippen LogP contribution is 2.39. The van der Waals surface area contributed by atoms with E-state index in [0.29, 0.717) is 19.6 Å². The Morgan fingerprint density at radius 2 is 1.75 bits per heavy atom. The summed E-state index contributed by atoms with van der Waals surface area (Å²) in [5, 5.41) is 0. The van der Waals surface area contributed by atoms with Crippen LogP contribution in [0.2, 0.25) is 0 Å². The number of hydrogen-bond acceptors (Lipinski definition) is 3. The van der Waals surface area contributed by atoms with E-state index in [2.05, 4.69) is 0 Å². The third-order valence-electron chi connectivity index (χ3n) is 4.98. The van der Waals surface area contributed by atoms with Crippen molar-refractivity contribution in [2.45, 2.75) is 38.5 Å². The van der Waals surface area contributed by atoms with E-state index in [-0.39, 0.29) is 23.1 Å². The van der Waals surface area contributed by atoms with Gasteiger partial charge >= 0.3 is 0 Å². The van der Waals surface area contributed by atoms with Crippen LogP contribution in [0.1, 0.15) is 38.5 Å². The Bertz CT molecular complexity index is 367. The van der Waals surface area contributed by atoms with Crippen molar-refractivity contribution in [1.29, 1.82) is 0 Å². The molecule has 5 nitrogen and oxygen atoms in total. The topological polar surface area (TPSA) is 66.6 Å². The standard InChI is InChI=1S/C15H27N3O2/c1-17(2)13(19)12-5-9-18(10-6-12)14(20)15(11-16)7-3-4-8-15/h12H,3-11,16H2,1-2H3. The van der Waals surface area contributed by atoms with Crippen LogP contribution in [0, 0.1) is 11.3 Å². The van der Waals surface area contributed by atoms with Crippen LogP contribution in [0.5, 0.6) is 0 Å². The number of likely N-dealkylation sites (tertiary alicyclic amines) is 1. The van der Waals surface area contributed by atoms with E-state index >= 15 is 0 Å². The van der Waals surface area contributed by atoms with Crippen LogP contribution in [0.15, 0.2) is 0 Å². The molecule has 1 saturated carbocycles. The van der Waals surface area contributed by atoms with E-state index in [1.165, 1.54) is 0 Å². The number of piperidine rings is 1. The molecule has 0 bridgehead atoms. The van der Waals surface area contributed by atoms with Gasteiger partial charge in [-0.2, -0.15) is 0 Å². The molecule has 5 heteroatoms.